The highest BCUT2D eigenvalue weighted by atomic mass is 16.6. The summed E-state index contributed by atoms with van der Waals surface area (Å²) < 4.78 is 5.56. The summed E-state index contributed by atoms with van der Waals surface area (Å²) in [5.74, 6) is 2.81. The first-order chi connectivity index (χ1) is 10.6. The van der Waals surface area contributed by atoms with Crippen molar-refractivity contribution in [1.82, 2.24) is 10.2 Å². The molecule has 3 atom stereocenters. The lowest BCUT2D eigenvalue weighted by Crippen LogP contribution is -2.50. The summed E-state index contributed by atoms with van der Waals surface area (Å²) >= 11 is 0. The number of amides is 1. The van der Waals surface area contributed by atoms with E-state index in [0.717, 1.165) is 30.8 Å². The van der Waals surface area contributed by atoms with Gasteiger partial charge in [-0.1, -0.05) is 6.42 Å². The first-order valence-corrected chi connectivity index (χ1v) is 9.27. The topological polar surface area (TPSA) is 41.6 Å². The van der Waals surface area contributed by atoms with Crippen LogP contribution in [-0.2, 0) is 4.74 Å². The molecular weight excluding hydrogens is 288 g/mol. The third-order valence-electron chi connectivity index (χ3n) is 5.23. The molecule has 0 aliphatic heterocycles. The number of nitrogens with zero attached hydrogens (tertiary/aromatic N) is 1. The standard InChI is InChI=1S/C19H36N2O2/c1-18(2,3)21(17(22)23-19(4,5)6)10-9-20-13-16-12-14-7-8-15(16)11-14/h14-16,20H,7-13H2,1-6H3. The number of carbonyl (C=O) groups excluding carboxylic acids is 1. The van der Waals surface area contributed by atoms with Gasteiger partial charge >= 0.3 is 6.09 Å². The van der Waals surface area contributed by atoms with Crippen LogP contribution in [0.15, 0.2) is 0 Å². The van der Waals surface area contributed by atoms with Crippen LogP contribution in [-0.4, -0.2) is 41.8 Å². The predicted molar refractivity (Wildman–Crippen MR) is 94.5 cm³/mol. The van der Waals surface area contributed by atoms with Gasteiger partial charge in [-0.15, -0.1) is 0 Å². The summed E-state index contributed by atoms with van der Waals surface area (Å²) in [6.07, 6.45) is 5.54. The first-order valence-electron chi connectivity index (χ1n) is 9.27. The zero-order valence-electron chi connectivity index (χ0n) is 15.9. The van der Waals surface area contributed by atoms with Crippen LogP contribution in [0.2, 0.25) is 0 Å². The van der Waals surface area contributed by atoms with Crippen LogP contribution in [0.1, 0.15) is 67.2 Å². The van der Waals surface area contributed by atoms with Crippen LogP contribution < -0.4 is 5.32 Å². The molecule has 2 aliphatic carbocycles. The Balaban J connectivity index is 1.76. The summed E-state index contributed by atoms with van der Waals surface area (Å²) in [5.41, 5.74) is -0.673. The molecule has 3 unspecified atom stereocenters. The van der Waals surface area contributed by atoms with E-state index in [1.165, 1.54) is 25.7 Å². The highest BCUT2D eigenvalue weighted by Crippen LogP contribution is 2.47. The highest BCUT2D eigenvalue weighted by molar-refractivity contribution is 5.69. The number of nitrogens with one attached hydrogen (secondary N) is 1. The van der Waals surface area contributed by atoms with E-state index in [2.05, 4.69) is 26.1 Å². The summed E-state index contributed by atoms with van der Waals surface area (Å²) in [4.78, 5) is 14.3. The Morgan fingerprint density at radius 1 is 1.13 bits per heavy atom. The largest absolute Gasteiger partial charge is 0.444 e. The van der Waals surface area contributed by atoms with Gasteiger partial charge in [-0.05, 0) is 85.1 Å². The van der Waals surface area contributed by atoms with Gasteiger partial charge in [0.15, 0.2) is 0 Å². The SMILES string of the molecule is CC(C)(C)OC(=O)N(CCNCC1CC2CCC1C2)C(C)(C)C. The average molecular weight is 325 g/mol. The van der Waals surface area contributed by atoms with Crippen molar-refractivity contribution in [3.63, 3.8) is 0 Å². The van der Waals surface area contributed by atoms with Crippen molar-refractivity contribution in [2.45, 2.75) is 78.4 Å². The van der Waals surface area contributed by atoms with Gasteiger partial charge in [0.2, 0.25) is 0 Å². The maximum Gasteiger partial charge on any atom is 0.410 e. The zero-order chi connectivity index (χ0) is 17.3. The molecule has 0 radical (unpaired) electrons. The molecule has 0 heterocycles. The van der Waals surface area contributed by atoms with Gasteiger partial charge in [0.05, 0.1) is 0 Å². The van der Waals surface area contributed by atoms with E-state index in [0.29, 0.717) is 6.54 Å². The van der Waals surface area contributed by atoms with E-state index in [-0.39, 0.29) is 11.6 Å². The Kier molecular flexibility index (Phi) is 5.65. The Labute approximate surface area is 142 Å². The monoisotopic (exact) mass is 324 g/mol. The molecule has 0 aromatic rings. The van der Waals surface area contributed by atoms with Gasteiger partial charge in [-0.2, -0.15) is 0 Å². The maximum absolute atomic E-state index is 12.4. The number of hydrogen-bond donors (Lipinski definition) is 1. The molecule has 23 heavy (non-hydrogen) atoms. The lowest BCUT2D eigenvalue weighted by molar-refractivity contribution is 0.00657. The van der Waals surface area contributed by atoms with E-state index in [1.807, 2.05) is 25.7 Å². The lowest BCUT2D eigenvalue weighted by Gasteiger charge is -2.37. The van der Waals surface area contributed by atoms with E-state index in [9.17, 15) is 4.79 Å². The molecule has 2 fully saturated rings. The fourth-order valence-electron chi connectivity index (χ4n) is 4.12. The molecule has 1 amide bonds. The molecule has 4 heteroatoms. The third kappa shape index (κ3) is 5.37. The van der Waals surface area contributed by atoms with Crippen molar-refractivity contribution in [2.75, 3.05) is 19.6 Å². The molecule has 0 aromatic heterocycles. The summed E-state index contributed by atoms with van der Waals surface area (Å²) in [6, 6.07) is 0. The molecule has 2 aliphatic rings. The Bertz CT molecular complexity index is 409. The van der Waals surface area contributed by atoms with Crippen molar-refractivity contribution in [1.29, 1.82) is 0 Å². The Hall–Kier alpha value is -0.770. The number of fused-ring (bicyclic) bond motifs is 2. The molecule has 2 bridgehead atoms. The van der Waals surface area contributed by atoms with E-state index < -0.39 is 5.60 Å². The van der Waals surface area contributed by atoms with Crippen LogP contribution in [0.3, 0.4) is 0 Å². The molecule has 4 nitrogen and oxygen atoms in total. The number of ether oxygens (including phenoxy) is 1. The highest BCUT2D eigenvalue weighted by Gasteiger charge is 2.39. The quantitative estimate of drug-likeness (QED) is 0.776. The van der Waals surface area contributed by atoms with Crippen LogP contribution in [0, 0.1) is 17.8 Å². The molecular formula is C19H36N2O2. The molecule has 134 valence electrons. The van der Waals surface area contributed by atoms with Gasteiger partial charge in [-0.3, -0.25) is 0 Å². The van der Waals surface area contributed by atoms with Crippen molar-refractivity contribution < 1.29 is 9.53 Å². The third-order valence-corrected chi connectivity index (χ3v) is 5.23. The summed E-state index contributed by atoms with van der Waals surface area (Å²) in [5, 5.41) is 3.58. The first kappa shape index (κ1) is 18.6. The van der Waals surface area contributed by atoms with Crippen LogP contribution in [0.25, 0.3) is 0 Å². The van der Waals surface area contributed by atoms with Crippen molar-refractivity contribution in [3.05, 3.63) is 0 Å². The Morgan fingerprint density at radius 3 is 2.30 bits per heavy atom. The van der Waals surface area contributed by atoms with Crippen molar-refractivity contribution in [3.8, 4) is 0 Å². The van der Waals surface area contributed by atoms with Gasteiger partial charge in [-0.25, -0.2) is 4.79 Å². The van der Waals surface area contributed by atoms with E-state index >= 15 is 0 Å². The van der Waals surface area contributed by atoms with Gasteiger partial charge in [0, 0.05) is 18.6 Å². The average Bonchev–Trinajstić information content (AvgIpc) is 2.96. The van der Waals surface area contributed by atoms with E-state index in [4.69, 9.17) is 4.74 Å². The molecule has 1 N–H and O–H groups in total. The van der Waals surface area contributed by atoms with Gasteiger partial charge in [0.25, 0.3) is 0 Å². The van der Waals surface area contributed by atoms with Crippen LogP contribution in [0.5, 0.6) is 0 Å². The molecule has 0 aromatic carbocycles. The molecule has 2 rings (SSSR count). The second-order valence-corrected chi connectivity index (χ2v) is 9.44. The number of carbonyl (C=O) groups is 1. The summed E-state index contributed by atoms with van der Waals surface area (Å²) in [7, 11) is 0. The number of rotatable bonds is 5. The van der Waals surface area contributed by atoms with Gasteiger partial charge < -0.3 is 15.0 Å². The minimum Gasteiger partial charge on any atom is -0.444 e. The number of hydrogen-bond acceptors (Lipinski definition) is 3. The second-order valence-electron chi connectivity index (χ2n) is 9.44. The summed E-state index contributed by atoms with van der Waals surface area (Å²) in [6.45, 7) is 14.6. The van der Waals surface area contributed by atoms with E-state index in [1.54, 1.807) is 0 Å². The smallest absolute Gasteiger partial charge is 0.410 e. The normalized spacial score (nSPS) is 27.3. The minimum atomic E-state index is -0.447. The molecule has 0 saturated heterocycles. The zero-order valence-corrected chi connectivity index (χ0v) is 15.9. The molecule has 0 spiro atoms. The van der Waals surface area contributed by atoms with Crippen LogP contribution >= 0.6 is 0 Å². The van der Waals surface area contributed by atoms with Crippen molar-refractivity contribution in [2.24, 2.45) is 17.8 Å². The van der Waals surface area contributed by atoms with Gasteiger partial charge in [0.1, 0.15) is 5.60 Å². The van der Waals surface area contributed by atoms with Crippen LogP contribution in [0.4, 0.5) is 4.79 Å². The molecule has 2 saturated carbocycles. The fourth-order valence-corrected chi connectivity index (χ4v) is 4.12. The predicted octanol–water partition coefficient (Wildman–Crippen LogP) is 4.05. The Morgan fingerprint density at radius 2 is 1.83 bits per heavy atom. The lowest BCUT2D eigenvalue weighted by atomic mass is 9.89. The fraction of sp³-hybridized carbons (Fsp3) is 0.947. The maximum atomic E-state index is 12.4. The van der Waals surface area contributed by atoms with Crippen molar-refractivity contribution >= 4 is 6.09 Å². The minimum absolute atomic E-state index is 0.216. The second kappa shape index (κ2) is 7.00.